The Kier molecular flexibility index (Phi) is 4.70. The Morgan fingerprint density at radius 3 is 2.89 bits per heavy atom. The van der Waals surface area contributed by atoms with E-state index >= 15 is 0 Å². The molecule has 0 spiro atoms. The van der Waals surface area contributed by atoms with Crippen molar-refractivity contribution in [1.29, 1.82) is 5.41 Å². The Labute approximate surface area is 112 Å². The number of hydrogen-bond donors (Lipinski definition) is 3. The molecule has 0 radical (unpaired) electrons. The molecule has 0 unspecified atom stereocenters. The van der Waals surface area contributed by atoms with E-state index in [2.05, 4.69) is 9.88 Å². The standard InChI is InChI=1S/C13H20N4O2/c14-13(15)12-9-10(1-4-16-12)17-5-2-11(3-6-17)19-8-7-18/h1,4,9,11,18H,2-3,5-8H2,(H3,14,15). The second-order valence-corrected chi connectivity index (χ2v) is 4.59. The summed E-state index contributed by atoms with van der Waals surface area (Å²) in [6.45, 7) is 2.29. The SMILES string of the molecule is N=C(N)c1cc(N2CCC(OCCO)CC2)ccn1. The third kappa shape index (κ3) is 3.65. The number of piperidine rings is 1. The van der Waals surface area contributed by atoms with Crippen LogP contribution in [0.25, 0.3) is 0 Å². The van der Waals surface area contributed by atoms with E-state index in [4.69, 9.17) is 21.0 Å². The van der Waals surface area contributed by atoms with Crippen molar-refractivity contribution in [1.82, 2.24) is 4.98 Å². The van der Waals surface area contributed by atoms with Crippen LogP contribution in [-0.4, -0.2) is 48.3 Å². The van der Waals surface area contributed by atoms with E-state index in [9.17, 15) is 0 Å². The van der Waals surface area contributed by atoms with E-state index in [-0.39, 0.29) is 18.5 Å². The predicted octanol–water partition coefficient (Wildman–Crippen LogP) is 0.343. The van der Waals surface area contributed by atoms with Crippen molar-refractivity contribution in [2.75, 3.05) is 31.2 Å². The molecular weight excluding hydrogens is 244 g/mol. The molecule has 2 rings (SSSR count). The molecule has 0 bridgehead atoms. The number of ether oxygens (including phenoxy) is 1. The van der Waals surface area contributed by atoms with Gasteiger partial charge in [0.15, 0.2) is 0 Å². The molecule has 1 aliphatic rings. The Balaban J connectivity index is 1.94. The second-order valence-electron chi connectivity index (χ2n) is 4.59. The van der Waals surface area contributed by atoms with Crippen LogP contribution in [0.1, 0.15) is 18.5 Å². The highest BCUT2D eigenvalue weighted by Gasteiger charge is 2.20. The van der Waals surface area contributed by atoms with Crippen molar-refractivity contribution >= 4 is 11.5 Å². The van der Waals surface area contributed by atoms with Gasteiger partial charge in [0.1, 0.15) is 11.5 Å². The van der Waals surface area contributed by atoms with E-state index in [1.165, 1.54) is 0 Å². The largest absolute Gasteiger partial charge is 0.394 e. The van der Waals surface area contributed by atoms with Crippen molar-refractivity contribution in [3.63, 3.8) is 0 Å². The number of hydrogen-bond acceptors (Lipinski definition) is 5. The van der Waals surface area contributed by atoms with E-state index in [0.717, 1.165) is 31.6 Å². The maximum absolute atomic E-state index is 8.74. The first-order valence-electron chi connectivity index (χ1n) is 6.48. The zero-order valence-corrected chi connectivity index (χ0v) is 10.9. The summed E-state index contributed by atoms with van der Waals surface area (Å²) in [6, 6.07) is 3.78. The minimum atomic E-state index is -0.0111. The smallest absolute Gasteiger partial charge is 0.141 e. The number of pyridine rings is 1. The summed E-state index contributed by atoms with van der Waals surface area (Å²) < 4.78 is 5.54. The van der Waals surface area contributed by atoms with Crippen LogP contribution in [0, 0.1) is 5.41 Å². The molecule has 0 aliphatic carbocycles. The molecule has 1 aliphatic heterocycles. The molecule has 0 atom stereocenters. The van der Waals surface area contributed by atoms with Crippen LogP contribution in [0.15, 0.2) is 18.3 Å². The number of aromatic nitrogens is 1. The van der Waals surface area contributed by atoms with Gasteiger partial charge in [-0.05, 0) is 25.0 Å². The molecule has 104 valence electrons. The lowest BCUT2D eigenvalue weighted by molar-refractivity contribution is 0.0159. The number of aliphatic hydroxyl groups excluding tert-OH is 1. The summed E-state index contributed by atoms with van der Waals surface area (Å²) in [5, 5.41) is 16.1. The number of anilines is 1. The van der Waals surface area contributed by atoms with Gasteiger partial charge in [-0.25, -0.2) is 0 Å². The molecule has 1 aromatic heterocycles. The highest BCUT2D eigenvalue weighted by Crippen LogP contribution is 2.21. The Morgan fingerprint density at radius 1 is 1.53 bits per heavy atom. The number of amidine groups is 1. The number of aliphatic hydroxyl groups is 1. The second kappa shape index (κ2) is 6.49. The lowest BCUT2D eigenvalue weighted by Gasteiger charge is -2.33. The van der Waals surface area contributed by atoms with Crippen LogP contribution in [0.5, 0.6) is 0 Å². The minimum absolute atomic E-state index is 0.0111. The fraction of sp³-hybridized carbons (Fsp3) is 0.538. The summed E-state index contributed by atoms with van der Waals surface area (Å²) in [7, 11) is 0. The van der Waals surface area contributed by atoms with E-state index in [0.29, 0.717) is 12.3 Å². The molecule has 6 heteroatoms. The fourth-order valence-corrected chi connectivity index (χ4v) is 2.26. The molecule has 19 heavy (non-hydrogen) atoms. The lowest BCUT2D eigenvalue weighted by Crippen LogP contribution is -2.37. The van der Waals surface area contributed by atoms with Crippen LogP contribution in [0.2, 0.25) is 0 Å². The Hall–Kier alpha value is -1.66. The molecule has 2 heterocycles. The normalized spacial score (nSPS) is 16.6. The van der Waals surface area contributed by atoms with Crippen LogP contribution in [-0.2, 0) is 4.74 Å². The average Bonchev–Trinajstić information content (AvgIpc) is 2.46. The average molecular weight is 264 g/mol. The number of rotatable bonds is 5. The van der Waals surface area contributed by atoms with Gasteiger partial charge < -0.3 is 20.5 Å². The van der Waals surface area contributed by atoms with Gasteiger partial charge in [0.25, 0.3) is 0 Å². The van der Waals surface area contributed by atoms with Crippen LogP contribution < -0.4 is 10.6 Å². The topological polar surface area (TPSA) is 95.5 Å². The molecule has 0 aromatic carbocycles. The minimum Gasteiger partial charge on any atom is -0.394 e. The van der Waals surface area contributed by atoms with E-state index in [1.54, 1.807) is 6.20 Å². The zero-order chi connectivity index (χ0) is 13.7. The lowest BCUT2D eigenvalue weighted by atomic mass is 10.1. The zero-order valence-electron chi connectivity index (χ0n) is 10.9. The number of nitrogen functional groups attached to an aromatic ring is 1. The summed E-state index contributed by atoms with van der Waals surface area (Å²) >= 11 is 0. The van der Waals surface area contributed by atoms with Gasteiger partial charge in [-0.3, -0.25) is 10.4 Å². The van der Waals surface area contributed by atoms with Gasteiger partial charge in [-0.15, -0.1) is 0 Å². The maximum Gasteiger partial charge on any atom is 0.141 e. The monoisotopic (exact) mass is 264 g/mol. The van der Waals surface area contributed by atoms with Crippen molar-refractivity contribution in [2.45, 2.75) is 18.9 Å². The van der Waals surface area contributed by atoms with Gasteiger partial charge in [-0.1, -0.05) is 0 Å². The van der Waals surface area contributed by atoms with Crippen LogP contribution in [0.3, 0.4) is 0 Å². The molecule has 4 N–H and O–H groups in total. The third-order valence-corrected chi connectivity index (χ3v) is 3.27. The van der Waals surface area contributed by atoms with Gasteiger partial charge in [0.05, 0.1) is 19.3 Å². The molecule has 1 aromatic rings. The summed E-state index contributed by atoms with van der Waals surface area (Å²) in [5.41, 5.74) is 7.00. The molecule has 6 nitrogen and oxygen atoms in total. The van der Waals surface area contributed by atoms with Crippen LogP contribution in [0.4, 0.5) is 5.69 Å². The van der Waals surface area contributed by atoms with Gasteiger partial charge in [0, 0.05) is 25.0 Å². The predicted molar refractivity (Wildman–Crippen MR) is 73.5 cm³/mol. The molecule has 1 saturated heterocycles. The third-order valence-electron chi connectivity index (χ3n) is 3.27. The maximum atomic E-state index is 8.74. The van der Waals surface area contributed by atoms with Crippen molar-refractivity contribution in [3.05, 3.63) is 24.0 Å². The number of nitrogens with zero attached hydrogens (tertiary/aromatic N) is 2. The fourth-order valence-electron chi connectivity index (χ4n) is 2.26. The molecule has 1 fully saturated rings. The van der Waals surface area contributed by atoms with Gasteiger partial charge in [-0.2, -0.15) is 0 Å². The quantitative estimate of drug-likeness (QED) is 0.526. The first kappa shape index (κ1) is 13.8. The summed E-state index contributed by atoms with van der Waals surface area (Å²) in [5.74, 6) is -0.0111. The van der Waals surface area contributed by atoms with Crippen molar-refractivity contribution < 1.29 is 9.84 Å². The first-order chi connectivity index (χ1) is 9.20. The van der Waals surface area contributed by atoms with E-state index < -0.39 is 0 Å². The molecular formula is C13H20N4O2. The number of nitrogens with one attached hydrogen (secondary N) is 1. The number of nitrogens with two attached hydrogens (primary N) is 1. The highest BCUT2D eigenvalue weighted by atomic mass is 16.5. The Morgan fingerprint density at radius 2 is 2.26 bits per heavy atom. The van der Waals surface area contributed by atoms with Gasteiger partial charge in [0.2, 0.25) is 0 Å². The molecule has 0 saturated carbocycles. The Bertz CT molecular complexity index is 430. The van der Waals surface area contributed by atoms with Crippen LogP contribution >= 0.6 is 0 Å². The summed E-state index contributed by atoms with van der Waals surface area (Å²) in [4.78, 5) is 6.30. The summed E-state index contributed by atoms with van der Waals surface area (Å²) in [6.07, 6.45) is 3.80. The molecule has 0 amide bonds. The van der Waals surface area contributed by atoms with Crippen molar-refractivity contribution in [2.24, 2.45) is 5.73 Å². The van der Waals surface area contributed by atoms with E-state index in [1.807, 2.05) is 12.1 Å². The van der Waals surface area contributed by atoms with Crippen molar-refractivity contribution in [3.8, 4) is 0 Å². The first-order valence-corrected chi connectivity index (χ1v) is 6.48. The van der Waals surface area contributed by atoms with Gasteiger partial charge >= 0.3 is 0 Å². The highest BCUT2D eigenvalue weighted by molar-refractivity contribution is 5.93.